The molecule has 2 aliphatic rings. The first kappa shape index (κ1) is 19.3. The lowest BCUT2D eigenvalue weighted by Gasteiger charge is -2.27. The van der Waals surface area contributed by atoms with Gasteiger partial charge in [0.2, 0.25) is 5.91 Å². The highest BCUT2D eigenvalue weighted by molar-refractivity contribution is 6.09. The van der Waals surface area contributed by atoms with Crippen LogP contribution in [0, 0.1) is 11.7 Å². The summed E-state index contributed by atoms with van der Waals surface area (Å²) in [5, 5.41) is 2.73. The van der Waals surface area contributed by atoms with Gasteiger partial charge in [0.25, 0.3) is 5.91 Å². The third kappa shape index (κ3) is 3.82. The van der Waals surface area contributed by atoms with Crippen LogP contribution in [0.1, 0.15) is 45.1 Å². The second-order valence-corrected chi connectivity index (χ2v) is 7.37. The van der Waals surface area contributed by atoms with E-state index in [2.05, 4.69) is 5.32 Å². The lowest BCUT2D eigenvalue weighted by atomic mass is 9.87. The fourth-order valence-corrected chi connectivity index (χ4v) is 3.58. The molecule has 1 atom stereocenters. The summed E-state index contributed by atoms with van der Waals surface area (Å²) < 4.78 is 13.3. The van der Waals surface area contributed by atoms with Crippen molar-refractivity contribution in [1.82, 2.24) is 15.1 Å². The zero-order valence-electron chi connectivity index (χ0n) is 15.8. The minimum atomic E-state index is -1.25. The van der Waals surface area contributed by atoms with Crippen molar-refractivity contribution in [3.05, 3.63) is 35.6 Å². The Balaban J connectivity index is 1.78. The van der Waals surface area contributed by atoms with Gasteiger partial charge in [-0.05, 0) is 49.3 Å². The van der Waals surface area contributed by atoms with E-state index in [1.165, 1.54) is 24.3 Å². The number of carbonyl (C=O) groups excluding carboxylic acids is 3. The minimum Gasteiger partial charge on any atom is -0.341 e. The average molecular weight is 375 g/mol. The van der Waals surface area contributed by atoms with Gasteiger partial charge in [-0.25, -0.2) is 9.18 Å². The molecule has 1 saturated carbocycles. The Bertz CT molecular complexity index is 732. The van der Waals surface area contributed by atoms with E-state index in [0.717, 1.165) is 24.2 Å². The molecule has 146 valence electrons. The molecule has 7 heteroatoms. The summed E-state index contributed by atoms with van der Waals surface area (Å²) in [6.45, 7) is 4.82. The second-order valence-electron chi connectivity index (χ2n) is 7.37. The van der Waals surface area contributed by atoms with Gasteiger partial charge in [-0.3, -0.25) is 14.5 Å². The molecule has 1 unspecified atom stereocenters. The van der Waals surface area contributed by atoms with Gasteiger partial charge in [0.05, 0.1) is 0 Å². The van der Waals surface area contributed by atoms with Crippen molar-refractivity contribution < 1.29 is 18.8 Å². The molecule has 1 aliphatic heterocycles. The fourth-order valence-electron chi connectivity index (χ4n) is 3.58. The van der Waals surface area contributed by atoms with Crippen molar-refractivity contribution in [3.8, 4) is 0 Å². The van der Waals surface area contributed by atoms with E-state index in [1.54, 1.807) is 11.8 Å². The Hall–Kier alpha value is -2.44. The summed E-state index contributed by atoms with van der Waals surface area (Å²) in [5.74, 6) is -0.544. The van der Waals surface area contributed by atoms with E-state index in [9.17, 15) is 18.8 Å². The third-order valence-corrected chi connectivity index (χ3v) is 5.36. The van der Waals surface area contributed by atoms with Crippen molar-refractivity contribution in [3.63, 3.8) is 0 Å². The highest BCUT2D eigenvalue weighted by Crippen LogP contribution is 2.33. The lowest BCUT2D eigenvalue weighted by molar-refractivity contribution is -0.139. The first-order chi connectivity index (χ1) is 12.9. The molecule has 1 aromatic rings. The quantitative estimate of drug-likeness (QED) is 0.710. The zero-order valence-corrected chi connectivity index (χ0v) is 15.8. The van der Waals surface area contributed by atoms with Gasteiger partial charge in [0.15, 0.2) is 0 Å². The maximum absolute atomic E-state index is 13.3. The number of benzene rings is 1. The number of carbonyl (C=O) groups is 3. The van der Waals surface area contributed by atoms with E-state index >= 15 is 0 Å². The molecule has 1 N–H and O–H groups in total. The topological polar surface area (TPSA) is 69.7 Å². The molecule has 0 aromatic heterocycles. The first-order valence-electron chi connectivity index (χ1n) is 9.59. The number of imide groups is 1. The highest BCUT2D eigenvalue weighted by Gasteiger charge is 2.51. The number of halogens is 1. The number of hydrogen-bond donors (Lipinski definition) is 1. The van der Waals surface area contributed by atoms with Gasteiger partial charge in [-0.1, -0.05) is 26.0 Å². The van der Waals surface area contributed by atoms with Gasteiger partial charge in [0, 0.05) is 13.1 Å². The maximum Gasteiger partial charge on any atom is 0.325 e. The average Bonchev–Trinajstić information content (AvgIpc) is 3.44. The zero-order chi connectivity index (χ0) is 19.6. The molecule has 1 saturated heterocycles. The second kappa shape index (κ2) is 7.66. The standard InChI is InChI=1S/C20H26FN3O3/c1-3-11-23(12-14-5-6-14)17(25)13-24-18(26)20(4-2,22-19(24)27)15-7-9-16(21)10-8-15/h7-10,14H,3-6,11-13H2,1-2H3,(H,22,27). The molecule has 1 heterocycles. The van der Waals surface area contributed by atoms with Crippen molar-refractivity contribution in [1.29, 1.82) is 0 Å². The number of amides is 4. The molecule has 1 aliphatic carbocycles. The molecule has 1 aromatic carbocycles. The number of urea groups is 1. The Kier molecular flexibility index (Phi) is 5.48. The van der Waals surface area contributed by atoms with Crippen molar-refractivity contribution in [2.45, 2.75) is 45.1 Å². The molecule has 27 heavy (non-hydrogen) atoms. The molecule has 4 amide bonds. The van der Waals surface area contributed by atoms with E-state index in [0.29, 0.717) is 31.0 Å². The van der Waals surface area contributed by atoms with Crippen LogP contribution in [-0.2, 0) is 15.1 Å². The van der Waals surface area contributed by atoms with Crippen LogP contribution in [0.2, 0.25) is 0 Å². The molecule has 6 nitrogen and oxygen atoms in total. The van der Waals surface area contributed by atoms with Gasteiger partial charge in [-0.2, -0.15) is 0 Å². The van der Waals surface area contributed by atoms with Crippen LogP contribution in [0.3, 0.4) is 0 Å². The SMILES string of the molecule is CCCN(CC1CC1)C(=O)CN1C(=O)NC(CC)(c2ccc(F)cc2)C1=O. The Labute approximate surface area is 158 Å². The first-order valence-corrected chi connectivity index (χ1v) is 9.59. The largest absolute Gasteiger partial charge is 0.341 e. The van der Waals surface area contributed by atoms with Crippen LogP contribution in [-0.4, -0.2) is 47.3 Å². The fraction of sp³-hybridized carbons (Fsp3) is 0.550. The molecule has 0 radical (unpaired) electrons. The lowest BCUT2D eigenvalue weighted by Crippen LogP contribution is -2.46. The van der Waals surface area contributed by atoms with Crippen LogP contribution in [0.5, 0.6) is 0 Å². The number of hydrogen-bond acceptors (Lipinski definition) is 3. The number of nitrogens with one attached hydrogen (secondary N) is 1. The van der Waals surface area contributed by atoms with E-state index in [1.807, 2.05) is 6.92 Å². The minimum absolute atomic E-state index is 0.210. The van der Waals surface area contributed by atoms with Crippen LogP contribution in [0.4, 0.5) is 9.18 Å². The summed E-state index contributed by atoms with van der Waals surface area (Å²) >= 11 is 0. The highest BCUT2D eigenvalue weighted by atomic mass is 19.1. The van der Waals surface area contributed by atoms with E-state index in [4.69, 9.17) is 0 Å². The molecule has 0 spiro atoms. The third-order valence-electron chi connectivity index (χ3n) is 5.36. The van der Waals surface area contributed by atoms with E-state index in [-0.39, 0.29) is 12.5 Å². The Morgan fingerprint density at radius 1 is 1.26 bits per heavy atom. The predicted molar refractivity (Wildman–Crippen MR) is 98.2 cm³/mol. The van der Waals surface area contributed by atoms with Gasteiger partial charge in [-0.15, -0.1) is 0 Å². The predicted octanol–water partition coefficient (Wildman–Crippen LogP) is 2.63. The molecule has 3 rings (SSSR count). The smallest absolute Gasteiger partial charge is 0.325 e. The summed E-state index contributed by atoms with van der Waals surface area (Å²) in [4.78, 5) is 41.1. The molecule has 0 bridgehead atoms. The Morgan fingerprint density at radius 2 is 1.93 bits per heavy atom. The summed E-state index contributed by atoms with van der Waals surface area (Å²) in [6.07, 6.45) is 3.39. The summed E-state index contributed by atoms with van der Waals surface area (Å²) in [6, 6.07) is 4.94. The van der Waals surface area contributed by atoms with Crippen molar-refractivity contribution >= 4 is 17.8 Å². The van der Waals surface area contributed by atoms with Crippen LogP contribution in [0.15, 0.2) is 24.3 Å². The maximum atomic E-state index is 13.3. The molecular formula is C20H26FN3O3. The van der Waals surface area contributed by atoms with Crippen molar-refractivity contribution in [2.24, 2.45) is 5.92 Å². The van der Waals surface area contributed by atoms with Gasteiger partial charge >= 0.3 is 6.03 Å². The molecule has 2 fully saturated rings. The van der Waals surface area contributed by atoms with E-state index < -0.39 is 23.3 Å². The normalized spacial score (nSPS) is 22.1. The van der Waals surface area contributed by atoms with Gasteiger partial charge < -0.3 is 10.2 Å². The van der Waals surface area contributed by atoms with Crippen molar-refractivity contribution in [2.75, 3.05) is 19.6 Å². The summed E-state index contributed by atoms with van der Waals surface area (Å²) in [5.41, 5.74) is -0.736. The summed E-state index contributed by atoms with van der Waals surface area (Å²) in [7, 11) is 0. The number of nitrogens with zero attached hydrogens (tertiary/aromatic N) is 2. The van der Waals surface area contributed by atoms with Crippen LogP contribution in [0.25, 0.3) is 0 Å². The monoisotopic (exact) mass is 375 g/mol. The molecular weight excluding hydrogens is 349 g/mol. The van der Waals surface area contributed by atoms with Crippen LogP contribution >= 0.6 is 0 Å². The Morgan fingerprint density at radius 3 is 2.48 bits per heavy atom. The van der Waals surface area contributed by atoms with Crippen LogP contribution < -0.4 is 5.32 Å². The van der Waals surface area contributed by atoms with Gasteiger partial charge in [0.1, 0.15) is 17.9 Å². The number of rotatable bonds is 8.